The number of aryl methyl sites for hydroxylation is 1. The van der Waals surface area contributed by atoms with Gasteiger partial charge in [-0.15, -0.1) is 0 Å². The molecular formula is C22H24N4O2S. The van der Waals surface area contributed by atoms with Gasteiger partial charge in [-0.05, 0) is 36.3 Å². The maximum absolute atomic E-state index is 12.5. The maximum Gasteiger partial charge on any atom is 0.254 e. The molecule has 1 aliphatic heterocycles. The van der Waals surface area contributed by atoms with Gasteiger partial charge >= 0.3 is 0 Å². The number of thiophene rings is 1. The summed E-state index contributed by atoms with van der Waals surface area (Å²) in [6, 6.07) is 13.9. The molecule has 7 heteroatoms. The summed E-state index contributed by atoms with van der Waals surface area (Å²) in [5, 5.41) is 11.2. The molecule has 0 spiro atoms. The summed E-state index contributed by atoms with van der Waals surface area (Å²) in [5.74, 6) is 0.811. The molecule has 2 aromatic heterocycles. The minimum absolute atomic E-state index is 0.0133. The second-order valence-electron chi connectivity index (χ2n) is 7.23. The first-order valence-corrected chi connectivity index (χ1v) is 10.8. The number of likely N-dealkylation sites (tertiary alicyclic amines) is 1. The molecule has 1 aromatic carbocycles. The number of piperidine rings is 1. The highest BCUT2D eigenvalue weighted by Gasteiger charge is 2.26. The van der Waals surface area contributed by atoms with Crippen molar-refractivity contribution in [2.75, 3.05) is 18.4 Å². The molecule has 0 saturated carbocycles. The number of aromatic nitrogens is 2. The molecule has 1 N–H and O–H groups in total. The van der Waals surface area contributed by atoms with Crippen LogP contribution in [0.3, 0.4) is 0 Å². The fourth-order valence-electron chi connectivity index (χ4n) is 3.69. The number of hydrogen-bond donors (Lipinski definition) is 1. The zero-order valence-electron chi connectivity index (χ0n) is 16.2. The lowest BCUT2D eigenvalue weighted by Crippen LogP contribution is -2.39. The molecule has 0 unspecified atom stereocenters. The predicted molar refractivity (Wildman–Crippen MR) is 114 cm³/mol. The molecule has 3 heterocycles. The zero-order valence-corrected chi connectivity index (χ0v) is 17.0. The van der Waals surface area contributed by atoms with Gasteiger partial charge < -0.3 is 10.2 Å². The van der Waals surface area contributed by atoms with Crippen molar-refractivity contribution < 1.29 is 9.59 Å². The highest BCUT2D eigenvalue weighted by Crippen LogP contribution is 2.26. The number of hydrogen-bond acceptors (Lipinski definition) is 4. The third-order valence-corrected chi connectivity index (χ3v) is 5.97. The first kappa shape index (κ1) is 19.4. The van der Waals surface area contributed by atoms with Gasteiger partial charge in [-0.1, -0.05) is 30.3 Å². The third kappa shape index (κ3) is 4.74. The number of benzene rings is 1. The Morgan fingerprint density at radius 2 is 1.90 bits per heavy atom. The molecule has 0 atom stereocenters. The van der Waals surface area contributed by atoms with Gasteiger partial charge in [-0.2, -0.15) is 16.4 Å². The minimum Gasteiger partial charge on any atom is -0.338 e. The Bertz CT molecular complexity index is 944. The SMILES string of the molecule is O=C(CCc1ccccc1)Nc1ccnn1C1CCN(C(=O)c2ccsc2)CC1. The highest BCUT2D eigenvalue weighted by atomic mass is 32.1. The Balaban J connectivity index is 1.31. The topological polar surface area (TPSA) is 67.2 Å². The molecule has 150 valence electrons. The molecule has 1 aliphatic rings. The van der Waals surface area contributed by atoms with Crippen molar-refractivity contribution in [1.82, 2.24) is 14.7 Å². The van der Waals surface area contributed by atoms with Gasteiger partial charge in [0.2, 0.25) is 5.91 Å². The summed E-state index contributed by atoms with van der Waals surface area (Å²) in [6.45, 7) is 1.39. The molecule has 0 aliphatic carbocycles. The quantitative estimate of drug-likeness (QED) is 0.671. The van der Waals surface area contributed by atoms with E-state index in [2.05, 4.69) is 10.4 Å². The van der Waals surface area contributed by atoms with Crippen LogP contribution in [0.5, 0.6) is 0 Å². The Kier molecular flexibility index (Phi) is 6.05. The van der Waals surface area contributed by atoms with Crippen LogP contribution in [0.4, 0.5) is 5.82 Å². The van der Waals surface area contributed by atoms with Gasteiger partial charge in [0.1, 0.15) is 5.82 Å². The second-order valence-corrected chi connectivity index (χ2v) is 8.01. The molecule has 6 nitrogen and oxygen atoms in total. The fourth-order valence-corrected chi connectivity index (χ4v) is 4.32. The monoisotopic (exact) mass is 408 g/mol. The second kappa shape index (κ2) is 9.05. The number of nitrogens with one attached hydrogen (secondary N) is 1. The van der Waals surface area contributed by atoms with E-state index in [1.807, 2.05) is 62.8 Å². The summed E-state index contributed by atoms with van der Waals surface area (Å²) in [6.07, 6.45) is 4.51. The summed E-state index contributed by atoms with van der Waals surface area (Å²) in [7, 11) is 0. The average molecular weight is 409 g/mol. The summed E-state index contributed by atoms with van der Waals surface area (Å²) in [4.78, 5) is 26.8. The van der Waals surface area contributed by atoms with Crippen LogP contribution in [-0.2, 0) is 11.2 Å². The molecule has 1 fully saturated rings. The summed E-state index contributed by atoms with van der Waals surface area (Å²) < 4.78 is 1.90. The number of rotatable bonds is 6. The van der Waals surface area contributed by atoms with E-state index in [1.165, 1.54) is 11.3 Å². The Morgan fingerprint density at radius 1 is 1.10 bits per heavy atom. The number of anilines is 1. The molecule has 1 saturated heterocycles. The smallest absolute Gasteiger partial charge is 0.254 e. The van der Waals surface area contributed by atoms with E-state index in [0.717, 1.165) is 29.8 Å². The molecule has 0 radical (unpaired) electrons. The van der Waals surface area contributed by atoms with Crippen molar-refractivity contribution in [2.45, 2.75) is 31.7 Å². The lowest BCUT2D eigenvalue weighted by Gasteiger charge is -2.32. The first-order valence-electron chi connectivity index (χ1n) is 9.89. The van der Waals surface area contributed by atoms with Crippen molar-refractivity contribution in [3.8, 4) is 0 Å². The van der Waals surface area contributed by atoms with Crippen molar-refractivity contribution in [1.29, 1.82) is 0 Å². The van der Waals surface area contributed by atoms with E-state index in [1.54, 1.807) is 6.20 Å². The fraction of sp³-hybridized carbons (Fsp3) is 0.318. The lowest BCUT2D eigenvalue weighted by molar-refractivity contribution is -0.116. The van der Waals surface area contributed by atoms with E-state index < -0.39 is 0 Å². The molecule has 0 bridgehead atoms. The van der Waals surface area contributed by atoms with Crippen LogP contribution in [0.2, 0.25) is 0 Å². The highest BCUT2D eigenvalue weighted by molar-refractivity contribution is 7.08. The normalized spacial score (nSPS) is 14.7. The number of amides is 2. The maximum atomic E-state index is 12.5. The van der Waals surface area contributed by atoms with E-state index in [0.29, 0.717) is 25.9 Å². The number of nitrogens with zero attached hydrogens (tertiary/aromatic N) is 3. The first-order chi connectivity index (χ1) is 14.2. The third-order valence-electron chi connectivity index (χ3n) is 5.29. The van der Waals surface area contributed by atoms with Gasteiger partial charge in [0.15, 0.2) is 0 Å². The van der Waals surface area contributed by atoms with Crippen LogP contribution in [0.1, 0.15) is 41.2 Å². The van der Waals surface area contributed by atoms with Crippen molar-refractivity contribution in [3.63, 3.8) is 0 Å². The van der Waals surface area contributed by atoms with Crippen LogP contribution in [0, 0.1) is 0 Å². The van der Waals surface area contributed by atoms with Crippen LogP contribution in [0.15, 0.2) is 59.4 Å². The lowest BCUT2D eigenvalue weighted by atomic mass is 10.0. The van der Waals surface area contributed by atoms with E-state index >= 15 is 0 Å². The average Bonchev–Trinajstić information content (AvgIpc) is 3.45. The van der Waals surface area contributed by atoms with Gasteiger partial charge in [-0.3, -0.25) is 9.59 Å². The largest absolute Gasteiger partial charge is 0.338 e. The molecular weight excluding hydrogens is 384 g/mol. The van der Waals surface area contributed by atoms with Gasteiger partial charge in [0, 0.05) is 31.0 Å². The standard InChI is InChI=1S/C22H24N4O2S/c27-21(7-6-17-4-2-1-3-5-17)24-20-8-12-23-26(20)19-9-13-25(14-10-19)22(28)18-11-15-29-16-18/h1-5,8,11-12,15-16,19H,6-7,9-10,13-14H2,(H,24,27). The van der Waals surface area contributed by atoms with Gasteiger partial charge in [0.25, 0.3) is 5.91 Å². The van der Waals surface area contributed by atoms with Crippen LogP contribution in [0.25, 0.3) is 0 Å². The van der Waals surface area contributed by atoms with Crippen LogP contribution in [-0.4, -0.2) is 39.6 Å². The van der Waals surface area contributed by atoms with Crippen LogP contribution >= 0.6 is 11.3 Å². The van der Waals surface area contributed by atoms with Gasteiger partial charge in [0.05, 0.1) is 17.8 Å². The van der Waals surface area contributed by atoms with Crippen molar-refractivity contribution in [2.24, 2.45) is 0 Å². The van der Waals surface area contributed by atoms with Crippen LogP contribution < -0.4 is 5.32 Å². The molecule has 4 rings (SSSR count). The Morgan fingerprint density at radius 3 is 2.62 bits per heavy atom. The number of carbonyl (C=O) groups excluding carboxylic acids is 2. The van der Waals surface area contributed by atoms with E-state index in [9.17, 15) is 9.59 Å². The predicted octanol–water partition coefficient (Wildman–Crippen LogP) is 3.99. The molecule has 3 aromatic rings. The molecule has 29 heavy (non-hydrogen) atoms. The zero-order chi connectivity index (χ0) is 20.1. The Labute approximate surface area is 174 Å². The van der Waals surface area contributed by atoms with Gasteiger partial charge in [-0.25, -0.2) is 4.68 Å². The van der Waals surface area contributed by atoms with Crippen molar-refractivity contribution >= 4 is 29.0 Å². The Hall–Kier alpha value is -2.93. The summed E-state index contributed by atoms with van der Waals surface area (Å²) in [5.41, 5.74) is 1.91. The summed E-state index contributed by atoms with van der Waals surface area (Å²) >= 11 is 1.54. The van der Waals surface area contributed by atoms with Crippen molar-refractivity contribution in [3.05, 3.63) is 70.5 Å². The van der Waals surface area contributed by atoms with E-state index in [-0.39, 0.29) is 17.9 Å². The minimum atomic E-state index is -0.0133. The number of carbonyl (C=O) groups is 2. The van der Waals surface area contributed by atoms with E-state index in [4.69, 9.17) is 0 Å². The molecule has 2 amide bonds.